The van der Waals surface area contributed by atoms with E-state index in [4.69, 9.17) is 0 Å². The van der Waals surface area contributed by atoms with Gasteiger partial charge in [0.25, 0.3) is 0 Å². The molecule has 0 N–H and O–H groups in total. The highest BCUT2D eigenvalue weighted by molar-refractivity contribution is 6.87. The van der Waals surface area contributed by atoms with Crippen molar-refractivity contribution in [2.45, 2.75) is 50.7 Å². The number of rotatable bonds is 0. The summed E-state index contributed by atoms with van der Waals surface area (Å²) in [6.45, 7) is 4.66. The van der Waals surface area contributed by atoms with Gasteiger partial charge in [-0.3, -0.25) is 4.79 Å². The maximum atomic E-state index is 14.1. The number of ketones is 1. The molecule has 4 aliphatic rings. The average molecular weight is 280 g/mol. The molecule has 1 aromatic carbocycles. The molecule has 0 radical (unpaired) electrons. The fourth-order valence-corrected chi connectivity index (χ4v) is 5.62. The molecule has 3 atom stereocenters. The van der Waals surface area contributed by atoms with Crippen molar-refractivity contribution in [3.63, 3.8) is 0 Å². The molecule has 3 unspecified atom stereocenters. The molecule has 106 valence electrons. The zero-order valence-electron chi connectivity index (χ0n) is 12.5. The van der Waals surface area contributed by atoms with Crippen molar-refractivity contribution in [2.24, 2.45) is 5.92 Å². The Kier molecular flexibility index (Phi) is 2.04. The van der Waals surface area contributed by atoms with Gasteiger partial charge in [0.1, 0.15) is 5.82 Å². The topological polar surface area (TPSA) is 17.1 Å². The van der Waals surface area contributed by atoms with E-state index in [0.29, 0.717) is 36.1 Å². The minimum atomic E-state index is -0.128. The zero-order valence-corrected chi connectivity index (χ0v) is 12.5. The van der Waals surface area contributed by atoms with Crippen LogP contribution in [-0.2, 0) is 4.79 Å². The molecule has 2 heterocycles. The summed E-state index contributed by atoms with van der Waals surface area (Å²) in [5.41, 5.74) is 5.45. The Balaban J connectivity index is 1.85. The number of allylic oxidation sites excluding steroid dienone is 2. The van der Waals surface area contributed by atoms with Gasteiger partial charge >= 0.3 is 0 Å². The normalized spacial score (nSPS) is 35.6. The Morgan fingerprint density at radius 3 is 2.95 bits per heavy atom. The van der Waals surface area contributed by atoms with Crippen LogP contribution in [0.25, 0.3) is 5.57 Å². The molecule has 1 saturated heterocycles. The van der Waals surface area contributed by atoms with Crippen LogP contribution in [0.1, 0.15) is 48.8 Å². The number of halogens is 1. The van der Waals surface area contributed by atoms with Crippen LogP contribution in [-0.4, -0.2) is 12.5 Å². The average Bonchev–Trinajstić information content (AvgIpc) is 3.30. The van der Waals surface area contributed by atoms with E-state index < -0.39 is 0 Å². The summed E-state index contributed by atoms with van der Waals surface area (Å²) in [5, 5.41) is 0.350. The van der Waals surface area contributed by atoms with Gasteiger partial charge < -0.3 is 0 Å². The molecule has 0 amide bonds. The monoisotopic (exact) mass is 280 g/mol. The van der Waals surface area contributed by atoms with Gasteiger partial charge in [0.2, 0.25) is 0 Å². The van der Waals surface area contributed by atoms with Crippen LogP contribution in [0, 0.1) is 18.7 Å². The lowest BCUT2D eigenvalue weighted by Crippen LogP contribution is -2.18. The Morgan fingerprint density at radius 1 is 1.33 bits per heavy atom. The van der Waals surface area contributed by atoms with Crippen molar-refractivity contribution < 1.29 is 9.18 Å². The number of Topliss-reactive ketones (excluding diaryl/α,β-unsaturated/α-hetero) is 1. The summed E-state index contributed by atoms with van der Waals surface area (Å²) in [5.74, 6) is 1.41. The predicted octanol–water partition coefficient (Wildman–Crippen LogP) is 4.18. The number of hydrogen-bond donors (Lipinski definition) is 0. The Hall–Kier alpha value is -1.38. The molecular weight excluding hydrogens is 262 g/mol. The molecular formula is C18H18BFO. The highest BCUT2D eigenvalue weighted by Gasteiger charge is 2.79. The van der Waals surface area contributed by atoms with Gasteiger partial charge in [-0.1, -0.05) is 19.3 Å². The van der Waals surface area contributed by atoms with Crippen LogP contribution in [0.5, 0.6) is 0 Å². The van der Waals surface area contributed by atoms with Crippen molar-refractivity contribution in [3.8, 4) is 0 Å². The Morgan fingerprint density at radius 2 is 2.14 bits per heavy atom. The molecule has 0 bridgehead atoms. The molecule has 2 aliphatic heterocycles. The van der Waals surface area contributed by atoms with Crippen molar-refractivity contribution >= 4 is 18.1 Å². The van der Waals surface area contributed by atoms with Crippen LogP contribution < -0.4 is 0 Å². The summed E-state index contributed by atoms with van der Waals surface area (Å²) >= 11 is 0. The van der Waals surface area contributed by atoms with E-state index >= 15 is 0 Å². The number of hydrogen-bond acceptors (Lipinski definition) is 1. The Labute approximate surface area is 124 Å². The van der Waals surface area contributed by atoms with Gasteiger partial charge in [0.05, 0.1) is 0 Å². The molecule has 1 saturated carbocycles. The molecule has 21 heavy (non-hydrogen) atoms. The molecule has 5 rings (SSSR count). The van der Waals surface area contributed by atoms with Gasteiger partial charge in [-0.05, 0) is 70.7 Å². The molecule has 3 heteroatoms. The first kappa shape index (κ1) is 12.2. The number of fused-ring (bicyclic) bond motifs is 4. The Bertz CT molecular complexity index is 750. The fourth-order valence-electron chi connectivity index (χ4n) is 5.62. The first-order chi connectivity index (χ1) is 10.1. The van der Waals surface area contributed by atoms with E-state index in [0.717, 1.165) is 29.4 Å². The maximum absolute atomic E-state index is 14.1. The second-order valence-electron chi connectivity index (χ2n) is 7.44. The molecule has 2 aliphatic carbocycles. The van der Waals surface area contributed by atoms with Crippen molar-refractivity contribution in [1.29, 1.82) is 0 Å². The van der Waals surface area contributed by atoms with Gasteiger partial charge in [-0.15, -0.1) is 0 Å². The van der Waals surface area contributed by atoms with E-state index in [2.05, 4.69) is 6.92 Å². The highest BCUT2D eigenvalue weighted by atomic mass is 19.1. The lowest BCUT2D eigenvalue weighted by molar-refractivity contribution is -0.115. The second-order valence-corrected chi connectivity index (χ2v) is 7.44. The first-order valence-electron chi connectivity index (χ1n) is 8.13. The quantitative estimate of drug-likeness (QED) is 0.652. The van der Waals surface area contributed by atoms with E-state index in [1.165, 1.54) is 17.5 Å². The highest BCUT2D eigenvalue weighted by Crippen LogP contribution is 2.87. The summed E-state index contributed by atoms with van der Waals surface area (Å²) in [4.78, 5) is 12.5. The van der Waals surface area contributed by atoms with Gasteiger partial charge in [0.15, 0.2) is 12.5 Å². The number of benzene rings is 1. The van der Waals surface area contributed by atoms with Crippen molar-refractivity contribution in [1.82, 2.24) is 0 Å². The standard InChI is InChI=1S/C18H18BFO/c1-9-13(20)7-6-11-15(9)12-4-3-5-14(21)17(12)19-8-18(19)10(2)16(11)18/h6-7,10,16H,3-5,8H2,1-2H3. The molecule has 1 nitrogen and oxygen atoms in total. The van der Waals surface area contributed by atoms with Gasteiger partial charge in [0, 0.05) is 6.42 Å². The van der Waals surface area contributed by atoms with E-state index in [1.807, 2.05) is 13.0 Å². The van der Waals surface area contributed by atoms with Crippen molar-refractivity contribution in [3.05, 3.63) is 40.1 Å². The minimum Gasteiger partial charge on any atom is -0.295 e. The third kappa shape index (κ3) is 1.23. The summed E-state index contributed by atoms with van der Waals surface area (Å²) in [7, 11) is 0. The lowest BCUT2D eigenvalue weighted by Gasteiger charge is -2.23. The third-order valence-corrected chi connectivity index (χ3v) is 6.74. The van der Waals surface area contributed by atoms with Crippen LogP contribution in [0.3, 0.4) is 0 Å². The first-order valence-corrected chi connectivity index (χ1v) is 8.13. The smallest absolute Gasteiger partial charge is 0.187 e. The van der Waals surface area contributed by atoms with Gasteiger partial charge in [-0.25, -0.2) is 4.39 Å². The van der Waals surface area contributed by atoms with Gasteiger partial charge in [-0.2, -0.15) is 0 Å². The van der Waals surface area contributed by atoms with E-state index in [-0.39, 0.29) is 5.82 Å². The molecule has 2 fully saturated rings. The summed E-state index contributed by atoms with van der Waals surface area (Å²) < 4.78 is 14.1. The fraction of sp³-hybridized carbons (Fsp3) is 0.500. The molecule has 1 aromatic rings. The zero-order chi connectivity index (χ0) is 14.5. The van der Waals surface area contributed by atoms with Crippen LogP contribution in [0.4, 0.5) is 4.39 Å². The molecule has 1 spiro atoms. The summed E-state index contributed by atoms with van der Waals surface area (Å²) in [6.07, 6.45) is 3.74. The maximum Gasteiger partial charge on any atom is 0.187 e. The van der Waals surface area contributed by atoms with Crippen LogP contribution in [0.15, 0.2) is 17.6 Å². The largest absolute Gasteiger partial charge is 0.295 e. The number of carbonyl (C=O) groups excluding carboxylic acids is 1. The van der Waals surface area contributed by atoms with E-state index in [9.17, 15) is 9.18 Å². The minimum absolute atomic E-state index is 0.128. The van der Waals surface area contributed by atoms with Crippen molar-refractivity contribution in [2.75, 3.05) is 0 Å². The van der Waals surface area contributed by atoms with Crippen LogP contribution >= 0.6 is 0 Å². The molecule has 0 aromatic heterocycles. The predicted molar refractivity (Wildman–Crippen MR) is 82.1 cm³/mol. The summed E-state index contributed by atoms with van der Waals surface area (Å²) in [6, 6.07) is 3.62. The second kappa shape index (κ2) is 3.51. The lowest BCUT2D eigenvalue weighted by atomic mass is 9.53. The van der Waals surface area contributed by atoms with E-state index in [1.54, 1.807) is 6.07 Å². The SMILES string of the molecule is Cc1c(F)ccc2c1C1=C(B3CC34C(C)C24)C(=O)CCC1. The number of carbonyl (C=O) groups is 1. The van der Waals surface area contributed by atoms with Crippen LogP contribution in [0.2, 0.25) is 11.6 Å². The third-order valence-electron chi connectivity index (χ3n) is 6.74.